The van der Waals surface area contributed by atoms with Crippen LogP contribution in [-0.4, -0.2) is 44.6 Å². The van der Waals surface area contributed by atoms with Crippen molar-refractivity contribution in [1.82, 2.24) is 19.9 Å². The molecule has 2 aromatic heterocycles. The van der Waals surface area contributed by atoms with Gasteiger partial charge < -0.3 is 14.1 Å². The van der Waals surface area contributed by atoms with Gasteiger partial charge in [-0.15, -0.1) is 0 Å². The maximum absolute atomic E-state index is 12.1. The molecule has 1 aliphatic heterocycles. The maximum atomic E-state index is 12.1. The van der Waals surface area contributed by atoms with Gasteiger partial charge in [0.1, 0.15) is 11.3 Å². The van der Waals surface area contributed by atoms with Crippen molar-refractivity contribution in [1.29, 1.82) is 0 Å². The van der Waals surface area contributed by atoms with Gasteiger partial charge in [0, 0.05) is 19.0 Å². The number of aromatic nitrogens is 3. The van der Waals surface area contributed by atoms with Crippen LogP contribution in [0.25, 0.3) is 11.5 Å². The minimum absolute atomic E-state index is 0.0908. The Morgan fingerprint density at radius 2 is 1.92 bits per heavy atom. The molecule has 0 aromatic carbocycles. The summed E-state index contributed by atoms with van der Waals surface area (Å²) in [6.45, 7) is 6.76. The van der Waals surface area contributed by atoms with Gasteiger partial charge in [-0.2, -0.15) is 0 Å². The van der Waals surface area contributed by atoms with Crippen LogP contribution in [0, 0.1) is 0 Å². The fourth-order valence-electron chi connectivity index (χ4n) is 2.74. The summed E-state index contributed by atoms with van der Waals surface area (Å²) in [6, 6.07) is 0. The topological polar surface area (TPSA) is 81.4 Å². The zero-order chi connectivity index (χ0) is 18.9. The summed E-state index contributed by atoms with van der Waals surface area (Å²) in [4.78, 5) is 26.1. The smallest absolute Gasteiger partial charge is 0.410 e. The summed E-state index contributed by atoms with van der Waals surface area (Å²) in [5, 5.41) is 0.435. The van der Waals surface area contributed by atoms with Crippen LogP contribution in [0.15, 0.2) is 16.8 Å². The van der Waals surface area contributed by atoms with Gasteiger partial charge >= 0.3 is 6.09 Å². The van der Waals surface area contributed by atoms with E-state index < -0.39 is 5.60 Å². The van der Waals surface area contributed by atoms with Gasteiger partial charge in [0.05, 0.1) is 17.4 Å². The lowest BCUT2D eigenvalue weighted by atomic mass is 9.97. The third kappa shape index (κ3) is 4.45. The zero-order valence-electron chi connectivity index (χ0n) is 14.8. The second-order valence-corrected chi connectivity index (χ2v) is 7.89. The molecule has 1 saturated heterocycles. The summed E-state index contributed by atoms with van der Waals surface area (Å²) in [5.41, 5.74) is -0.0830. The molecule has 3 rings (SSSR count). The van der Waals surface area contributed by atoms with E-state index in [0.717, 1.165) is 12.8 Å². The SMILES string of the molecule is CC(C)(C)OC(=O)N1CCC(c2ncc(-c3nc(Cl)ncc3Cl)o2)CC1. The van der Waals surface area contributed by atoms with E-state index in [-0.39, 0.29) is 17.3 Å². The van der Waals surface area contributed by atoms with Crippen molar-refractivity contribution in [3.8, 4) is 11.5 Å². The van der Waals surface area contributed by atoms with Crippen LogP contribution in [0.5, 0.6) is 0 Å². The number of piperidine rings is 1. The molecular formula is C17H20Cl2N4O3. The molecule has 3 heterocycles. The quantitative estimate of drug-likeness (QED) is 0.689. The fourth-order valence-corrected chi connectivity index (χ4v) is 3.06. The molecule has 0 spiro atoms. The number of carbonyl (C=O) groups is 1. The number of nitrogens with zero attached hydrogens (tertiary/aromatic N) is 4. The van der Waals surface area contributed by atoms with Crippen LogP contribution in [0.1, 0.15) is 45.4 Å². The Bertz CT molecular complexity index is 796. The average Bonchev–Trinajstić information content (AvgIpc) is 3.05. The normalized spacial score (nSPS) is 16.0. The first kappa shape index (κ1) is 18.9. The van der Waals surface area contributed by atoms with Crippen LogP contribution in [-0.2, 0) is 4.74 Å². The lowest BCUT2D eigenvalue weighted by molar-refractivity contribution is 0.0199. The predicted molar refractivity (Wildman–Crippen MR) is 97.3 cm³/mol. The Hall–Kier alpha value is -1.86. The van der Waals surface area contributed by atoms with Gasteiger partial charge in [-0.1, -0.05) is 11.6 Å². The number of hydrogen-bond acceptors (Lipinski definition) is 6. The Kier molecular flexibility index (Phi) is 5.39. The van der Waals surface area contributed by atoms with Gasteiger partial charge in [-0.05, 0) is 45.2 Å². The molecule has 9 heteroatoms. The minimum Gasteiger partial charge on any atom is -0.444 e. The van der Waals surface area contributed by atoms with Gasteiger partial charge in [0.2, 0.25) is 5.28 Å². The van der Waals surface area contributed by atoms with Gasteiger partial charge in [0.15, 0.2) is 11.7 Å². The van der Waals surface area contributed by atoms with Crippen molar-refractivity contribution in [2.45, 2.75) is 45.1 Å². The second-order valence-electron chi connectivity index (χ2n) is 7.14. The molecule has 140 valence electrons. The van der Waals surface area contributed by atoms with Crippen molar-refractivity contribution in [3.63, 3.8) is 0 Å². The standard InChI is InChI=1S/C17H20Cl2N4O3/c1-17(2,3)26-16(24)23-6-4-10(5-7-23)14-20-9-12(25-14)13-11(18)8-21-15(19)22-13/h8-10H,4-7H2,1-3H3. The summed E-state index contributed by atoms with van der Waals surface area (Å²) in [7, 11) is 0. The fraction of sp³-hybridized carbons (Fsp3) is 0.529. The number of halogens is 2. The Morgan fingerprint density at radius 1 is 1.23 bits per heavy atom. The first-order valence-electron chi connectivity index (χ1n) is 8.35. The first-order valence-corrected chi connectivity index (χ1v) is 9.10. The molecule has 1 fully saturated rings. The third-order valence-corrected chi connectivity index (χ3v) is 4.43. The molecule has 0 saturated carbocycles. The van der Waals surface area contributed by atoms with Crippen molar-refractivity contribution in [3.05, 3.63) is 28.6 Å². The van der Waals surface area contributed by atoms with Crippen LogP contribution < -0.4 is 0 Å². The van der Waals surface area contributed by atoms with E-state index in [1.54, 1.807) is 11.1 Å². The van der Waals surface area contributed by atoms with E-state index in [1.165, 1.54) is 6.20 Å². The van der Waals surface area contributed by atoms with Crippen molar-refractivity contribution < 1.29 is 13.9 Å². The lowest BCUT2D eigenvalue weighted by Gasteiger charge is -2.32. The van der Waals surface area contributed by atoms with Crippen LogP contribution in [0.4, 0.5) is 4.79 Å². The minimum atomic E-state index is -0.497. The second kappa shape index (κ2) is 7.40. The number of likely N-dealkylation sites (tertiary alicyclic amines) is 1. The van der Waals surface area contributed by atoms with E-state index >= 15 is 0 Å². The Labute approximate surface area is 161 Å². The summed E-state index contributed by atoms with van der Waals surface area (Å²) < 4.78 is 11.3. The lowest BCUT2D eigenvalue weighted by Crippen LogP contribution is -2.41. The summed E-state index contributed by atoms with van der Waals surface area (Å²) in [5.74, 6) is 1.18. The van der Waals surface area contributed by atoms with E-state index in [1.807, 2.05) is 20.8 Å². The third-order valence-electron chi connectivity index (χ3n) is 3.97. The van der Waals surface area contributed by atoms with Crippen LogP contribution in [0.3, 0.4) is 0 Å². The van der Waals surface area contributed by atoms with E-state index in [4.69, 9.17) is 32.4 Å². The number of rotatable bonds is 2. The Morgan fingerprint density at radius 3 is 2.58 bits per heavy atom. The molecule has 0 bridgehead atoms. The maximum Gasteiger partial charge on any atom is 0.410 e. The number of amides is 1. The van der Waals surface area contributed by atoms with Gasteiger partial charge in [0.25, 0.3) is 0 Å². The van der Waals surface area contributed by atoms with E-state index in [0.29, 0.717) is 35.5 Å². The summed E-state index contributed by atoms with van der Waals surface area (Å²) in [6.07, 6.45) is 4.22. The molecule has 7 nitrogen and oxygen atoms in total. The highest BCUT2D eigenvalue weighted by Gasteiger charge is 2.29. The van der Waals surface area contributed by atoms with Crippen molar-refractivity contribution >= 4 is 29.3 Å². The molecule has 0 unspecified atom stereocenters. The monoisotopic (exact) mass is 398 g/mol. The Balaban J connectivity index is 1.65. The molecule has 0 atom stereocenters. The van der Waals surface area contributed by atoms with Crippen LogP contribution in [0.2, 0.25) is 10.3 Å². The first-order chi connectivity index (χ1) is 12.2. The van der Waals surface area contributed by atoms with E-state index in [9.17, 15) is 4.79 Å². The van der Waals surface area contributed by atoms with Crippen molar-refractivity contribution in [2.75, 3.05) is 13.1 Å². The molecule has 1 amide bonds. The molecule has 26 heavy (non-hydrogen) atoms. The average molecular weight is 399 g/mol. The van der Waals surface area contributed by atoms with Gasteiger partial charge in [-0.25, -0.2) is 19.7 Å². The van der Waals surface area contributed by atoms with E-state index in [2.05, 4.69) is 15.0 Å². The summed E-state index contributed by atoms with van der Waals surface area (Å²) >= 11 is 11.9. The highest BCUT2D eigenvalue weighted by molar-refractivity contribution is 6.33. The molecular weight excluding hydrogens is 379 g/mol. The highest BCUT2D eigenvalue weighted by atomic mass is 35.5. The molecule has 2 aromatic rings. The van der Waals surface area contributed by atoms with Gasteiger partial charge in [-0.3, -0.25) is 0 Å². The molecule has 0 N–H and O–H groups in total. The van der Waals surface area contributed by atoms with Crippen molar-refractivity contribution in [2.24, 2.45) is 0 Å². The predicted octanol–water partition coefficient (Wildman–Crippen LogP) is 4.55. The molecule has 1 aliphatic rings. The largest absolute Gasteiger partial charge is 0.444 e. The van der Waals surface area contributed by atoms with Crippen LogP contribution >= 0.6 is 23.2 Å². The molecule has 0 aliphatic carbocycles. The zero-order valence-corrected chi connectivity index (χ0v) is 16.3. The number of oxazole rings is 1. The number of hydrogen-bond donors (Lipinski definition) is 0. The highest BCUT2D eigenvalue weighted by Crippen LogP contribution is 2.32. The molecule has 0 radical (unpaired) electrons. The number of carbonyl (C=O) groups excluding carboxylic acids is 1. The number of ether oxygens (including phenoxy) is 1.